The number of benzene rings is 1. The lowest BCUT2D eigenvalue weighted by Gasteiger charge is -2.13. The zero-order chi connectivity index (χ0) is 14.6. The molecule has 0 aliphatic carbocycles. The van der Waals surface area contributed by atoms with Crippen molar-refractivity contribution in [2.45, 2.75) is 26.3 Å². The number of amides is 1. The summed E-state index contributed by atoms with van der Waals surface area (Å²) in [5, 5.41) is 11.7. The number of carbonyl (C=O) groups is 2. The van der Waals surface area contributed by atoms with Gasteiger partial charge >= 0.3 is 5.97 Å². The number of hydrogen-bond donors (Lipinski definition) is 3. The Hall–Kier alpha value is -2.14. The van der Waals surface area contributed by atoms with Gasteiger partial charge in [-0.15, -0.1) is 6.58 Å². The maximum atomic E-state index is 11.7. The highest BCUT2D eigenvalue weighted by Crippen LogP contribution is 2.20. The summed E-state index contributed by atoms with van der Waals surface area (Å²) >= 11 is 0. The molecule has 0 bridgehead atoms. The number of anilines is 1. The predicted octanol–water partition coefficient (Wildman–Crippen LogP) is 1.84. The Morgan fingerprint density at radius 1 is 1.47 bits per heavy atom. The Bertz CT molecular complexity index is 524. The fraction of sp³-hybridized carbons (Fsp3) is 0.286. The molecule has 0 heterocycles. The fourth-order valence-electron chi connectivity index (χ4n) is 1.68. The van der Waals surface area contributed by atoms with E-state index >= 15 is 0 Å². The molecule has 1 aromatic rings. The van der Waals surface area contributed by atoms with Crippen LogP contribution >= 0.6 is 0 Å². The summed E-state index contributed by atoms with van der Waals surface area (Å²) in [6, 6.07) is 2.47. The Labute approximate surface area is 112 Å². The fourth-order valence-corrected chi connectivity index (χ4v) is 1.68. The highest BCUT2D eigenvalue weighted by atomic mass is 16.4. The summed E-state index contributed by atoms with van der Waals surface area (Å²) in [5.74, 6) is -1.38. The van der Waals surface area contributed by atoms with Crippen LogP contribution in [0.5, 0.6) is 0 Å². The van der Waals surface area contributed by atoms with Gasteiger partial charge in [0, 0.05) is 5.69 Å². The molecule has 5 nitrogen and oxygen atoms in total. The lowest BCUT2D eigenvalue weighted by Crippen LogP contribution is -2.35. The molecular weight excluding hydrogens is 244 g/mol. The summed E-state index contributed by atoms with van der Waals surface area (Å²) in [7, 11) is 0. The predicted molar refractivity (Wildman–Crippen MR) is 74.3 cm³/mol. The molecule has 102 valence electrons. The monoisotopic (exact) mass is 262 g/mol. The number of carboxylic acid groups (broad SMARTS) is 1. The lowest BCUT2D eigenvalue weighted by molar-refractivity contribution is -0.117. The molecule has 0 spiro atoms. The Kier molecular flexibility index (Phi) is 4.83. The first-order valence-corrected chi connectivity index (χ1v) is 5.88. The summed E-state index contributed by atoms with van der Waals surface area (Å²) in [4.78, 5) is 22.8. The third-order valence-corrected chi connectivity index (χ3v) is 2.92. The number of carboxylic acids is 1. The smallest absolute Gasteiger partial charge is 0.336 e. The molecular formula is C14H18N2O3. The molecule has 0 saturated heterocycles. The van der Waals surface area contributed by atoms with Gasteiger partial charge in [-0.2, -0.15) is 0 Å². The van der Waals surface area contributed by atoms with Crippen molar-refractivity contribution in [2.24, 2.45) is 5.73 Å². The van der Waals surface area contributed by atoms with Gasteiger partial charge < -0.3 is 16.2 Å². The first kappa shape index (κ1) is 14.9. The summed E-state index contributed by atoms with van der Waals surface area (Å²) in [5.41, 5.74) is 7.73. The van der Waals surface area contributed by atoms with Crippen LogP contribution in [0.2, 0.25) is 0 Å². The van der Waals surface area contributed by atoms with Crippen molar-refractivity contribution in [2.75, 3.05) is 5.32 Å². The van der Waals surface area contributed by atoms with Crippen molar-refractivity contribution in [3.05, 3.63) is 41.5 Å². The van der Waals surface area contributed by atoms with E-state index in [0.29, 0.717) is 17.7 Å². The second-order valence-corrected chi connectivity index (χ2v) is 4.39. The first-order chi connectivity index (χ1) is 8.86. The van der Waals surface area contributed by atoms with Crippen molar-refractivity contribution in [3.8, 4) is 0 Å². The largest absolute Gasteiger partial charge is 0.478 e. The zero-order valence-electron chi connectivity index (χ0n) is 11.1. The van der Waals surface area contributed by atoms with Crippen LogP contribution in [0.15, 0.2) is 24.8 Å². The van der Waals surface area contributed by atoms with Gasteiger partial charge in [-0.1, -0.05) is 6.08 Å². The Balaban J connectivity index is 2.99. The average Bonchev–Trinajstić information content (AvgIpc) is 2.33. The zero-order valence-corrected chi connectivity index (χ0v) is 11.1. The highest BCUT2D eigenvalue weighted by Gasteiger charge is 2.15. The molecule has 1 atom stereocenters. The van der Waals surface area contributed by atoms with Crippen molar-refractivity contribution in [1.82, 2.24) is 0 Å². The topological polar surface area (TPSA) is 92.4 Å². The number of rotatable bonds is 5. The van der Waals surface area contributed by atoms with Crippen LogP contribution in [0.3, 0.4) is 0 Å². The highest BCUT2D eigenvalue weighted by molar-refractivity contribution is 5.97. The van der Waals surface area contributed by atoms with Gasteiger partial charge in [-0.05, 0) is 43.5 Å². The van der Waals surface area contributed by atoms with E-state index in [1.165, 1.54) is 6.07 Å². The molecule has 1 aromatic carbocycles. The molecule has 4 N–H and O–H groups in total. The molecule has 0 aromatic heterocycles. The minimum absolute atomic E-state index is 0.174. The van der Waals surface area contributed by atoms with Crippen molar-refractivity contribution < 1.29 is 14.7 Å². The van der Waals surface area contributed by atoms with Crippen LogP contribution in [0.4, 0.5) is 5.69 Å². The van der Waals surface area contributed by atoms with Gasteiger partial charge in [-0.25, -0.2) is 4.79 Å². The molecule has 0 radical (unpaired) electrons. The van der Waals surface area contributed by atoms with Crippen LogP contribution in [0.25, 0.3) is 0 Å². The molecule has 0 fully saturated rings. The number of aryl methyl sites for hydroxylation is 1. The summed E-state index contributed by atoms with van der Waals surface area (Å²) in [6.07, 6.45) is 1.93. The van der Waals surface area contributed by atoms with E-state index in [0.717, 1.165) is 5.56 Å². The second kappa shape index (κ2) is 6.15. The maximum absolute atomic E-state index is 11.7. The third-order valence-electron chi connectivity index (χ3n) is 2.92. The van der Waals surface area contributed by atoms with E-state index in [9.17, 15) is 9.59 Å². The molecule has 1 amide bonds. The third kappa shape index (κ3) is 3.66. The van der Waals surface area contributed by atoms with Crippen LogP contribution in [-0.2, 0) is 4.79 Å². The van der Waals surface area contributed by atoms with E-state index in [1.807, 2.05) is 0 Å². The van der Waals surface area contributed by atoms with Gasteiger partial charge in [-0.3, -0.25) is 4.79 Å². The minimum atomic E-state index is -1.02. The van der Waals surface area contributed by atoms with Gasteiger partial charge in [0.1, 0.15) is 0 Å². The number of hydrogen-bond acceptors (Lipinski definition) is 3. The molecule has 0 saturated carbocycles. The molecule has 0 aliphatic rings. The van der Waals surface area contributed by atoms with Crippen molar-refractivity contribution >= 4 is 17.6 Å². The summed E-state index contributed by atoms with van der Waals surface area (Å²) in [6.45, 7) is 7.04. The Morgan fingerprint density at radius 2 is 2.11 bits per heavy atom. The molecule has 19 heavy (non-hydrogen) atoms. The van der Waals surface area contributed by atoms with Gasteiger partial charge in [0.15, 0.2) is 0 Å². The first-order valence-electron chi connectivity index (χ1n) is 5.88. The number of nitrogens with two attached hydrogens (primary N) is 1. The van der Waals surface area contributed by atoms with Crippen molar-refractivity contribution in [1.29, 1.82) is 0 Å². The molecule has 1 unspecified atom stereocenters. The van der Waals surface area contributed by atoms with E-state index in [1.54, 1.807) is 26.0 Å². The number of nitrogens with one attached hydrogen (secondary N) is 1. The number of aromatic carboxylic acids is 1. The second-order valence-electron chi connectivity index (χ2n) is 4.39. The standard InChI is InChI=1S/C14H18N2O3/c1-4-5-12(15)13(17)16-10-6-8(2)9(3)11(7-10)14(18)19/h4,6-7,12H,1,5,15H2,2-3H3,(H,16,17)(H,18,19). The SMILES string of the molecule is C=CCC(N)C(=O)Nc1cc(C)c(C)c(C(=O)O)c1. The van der Waals surface area contributed by atoms with Crippen LogP contribution < -0.4 is 11.1 Å². The van der Waals surface area contributed by atoms with E-state index in [-0.39, 0.29) is 11.5 Å². The average molecular weight is 262 g/mol. The molecule has 1 rings (SSSR count). The number of carbonyl (C=O) groups excluding carboxylic acids is 1. The minimum Gasteiger partial charge on any atom is -0.478 e. The van der Waals surface area contributed by atoms with Gasteiger partial charge in [0.2, 0.25) is 5.91 Å². The van der Waals surface area contributed by atoms with E-state index in [4.69, 9.17) is 10.8 Å². The van der Waals surface area contributed by atoms with Gasteiger partial charge in [0.25, 0.3) is 0 Å². The van der Waals surface area contributed by atoms with Crippen LogP contribution in [-0.4, -0.2) is 23.0 Å². The Morgan fingerprint density at radius 3 is 2.63 bits per heavy atom. The van der Waals surface area contributed by atoms with Crippen molar-refractivity contribution in [3.63, 3.8) is 0 Å². The normalized spacial score (nSPS) is 11.7. The van der Waals surface area contributed by atoms with E-state index in [2.05, 4.69) is 11.9 Å². The van der Waals surface area contributed by atoms with Gasteiger partial charge in [0.05, 0.1) is 11.6 Å². The van der Waals surface area contributed by atoms with Crippen LogP contribution in [0, 0.1) is 13.8 Å². The summed E-state index contributed by atoms with van der Waals surface area (Å²) < 4.78 is 0. The van der Waals surface area contributed by atoms with Crippen LogP contribution in [0.1, 0.15) is 27.9 Å². The lowest BCUT2D eigenvalue weighted by atomic mass is 10.0. The quantitative estimate of drug-likeness (QED) is 0.706. The molecule has 5 heteroatoms. The molecule has 0 aliphatic heterocycles. The van der Waals surface area contributed by atoms with E-state index < -0.39 is 12.0 Å². The maximum Gasteiger partial charge on any atom is 0.336 e.